The monoisotopic (exact) mass is 656 g/mol. The maximum atomic E-state index is 9.50. The van der Waals surface area contributed by atoms with Gasteiger partial charge in [-0.05, 0) is 95.4 Å². The summed E-state index contributed by atoms with van der Waals surface area (Å²) in [6.45, 7) is 0. The second kappa shape index (κ2) is 12.0. The van der Waals surface area contributed by atoms with Gasteiger partial charge < -0.3 is 4.42 Å². The van der Waals surface area contributed by atoms with Gasteiger partial charge >= 0.3 is 0 Å². The summed E-state index contributed by atoms with van der Waals surface area (Å²) in [7, 11) is 0. The Kier molecular flexibility index (Phi) is 5.21. The van der Waals surface area contributed by atoms with Gasteiger partial charge in [0.05, 0.1) is 11.0 Å². The van der Waals surface area contributed by atoms with E-state index in [2.05, 4.69) is 30.3 Å². The fourth-order valence-electron chi connectivity index (χ4n) is 7.41. The van der Waals surface area contributed by atoms with E-state index in [1.165, 1.54) is 0 Å². The van der Waals surface area contributed by atoms with E-state index in [-0.39, 0.29) is 40.4 Å². The summed E-state index contributed by atoms with van der Waals surface area (Å²) in [6, 6.07) is 43.6. The lowest BCUT2D eigenvalue weighted by Gasteiger charge is -2.20. The molecule has 0 saturated carbocycles. The summed E-state index contributed by atoms with van der Waals surface area (Å²) in [5, 5.41) is 4.92. The molecule has 0 fully saturated rings. The van der Waals surface area contributed by atoms with Gasteiger partial charge in [-0.1, -0.05) is 176 Å². The summed E-state index contributed by atoms with van der Waals surface area (Å²) in [5.41, 5.74) is 6.40. The molecule has 1 heteroatoms. The van der Waals surface area contributed by atoms with Crippen LogP contribution in [0, 0.1) is 0 Å². The molecule has 0 atom stereocenters. The van der Waals surface area contributed by atoms with E-state index in [9.17, 15) is 5.48 Å². The first-order valence-electron chi connectivity index (χ1n) is 20.9. The van der Waals surface area contributed by atoms with Gasteiger partial charge in [0.1, 0.15) is 11.2 Å². The molecule has 0 saturated heterocycles. The Balaban J connectivity index is 1.32. The first kappa shape index (κ1) is 22.1. The van der Waals surface area contributed by atoms with E-state index in [1.807, 2.05) is 84.9 Å². The van der Waals surface area contributed by atoms with Crippen molar-refractivity contribution in [3.63, 3.8) is 0 Å². The van der Waals surface area contributed by atoms with Gasteiger partial charge in [-0.3, -0.25) is 0 Å². The van der Waals surface area contributed by atoms with Crippen LogP contribution in [0.1, 0.15) is 11.0 Å². The van der Waals surface area contributed by atoms with Gasteiger partial charge in [-0.25, -0.2) is 0 Å². The standard InChI is InChI=1S/C50H32O/c1-3-14-33(15-4-1)35-26-28-36(29-27-35)38-18-7-8-19-39(38)48-40-20-9-11-22-42(40)49(43-23-12-10-21-41(43)48)44-24-13-25-47-50(44)45-32-37(30-31-46(45)51-47)34-16-5-2-6-17-34/h1-32H/i7D,8D,18D,19D,26D,27D,28D,29D. The summed E-state index contributed by atoms with van der Waals surface area (Å²) in [5.74, 6) is 0. The van der Waals surface area contributed by atoms with E-state index in [1.54, 1.807) is 30.3 Å². The highest BCUT2D eigenvalue weighted by Crippen LogP contribution is 2.48. The van der Waals surface area contributed by atoms with E-state index in [0.717, 1.165) is 55.0 Å². The molecule has 9 aromatic carbocycles. The van der Waals surface area contributed by atoms with Crippen molar-refractivity contribution in [1.82, 2.24) is 0 Å². The Morgan fingerprint density at radius 1 is 0.333 bits per heavy atom. The van der Waals surface area contributed by atoms with Crippen molar-refractivity contribution in [2.24, 2.45) is 0 Å². The molecule has 1 nitrogen and oxygen atoms in total. The van der Waals surface area contributed by atoms with Crippen LogP contribution in [-0.4, -0.2) is 0 Å². The third kappa shape index (κ3) is 4.86. The molecule has 1 aromatic heterocycles. The molecule has 238 valence electrons. The number of furan rings is 1. The molecule has 0 radical (unpaired) electrons. The molecule has 0 aliphatic rings. The normalized spacial score (nSPS) is 13.7. The smallest absolute Gasteiger partial charge is 0.136 e. The van der Waals surface area contributed by atoms with Crippen LogP contribution in [0.2, 0.25) is 0 Å². The zero-order valence-corrected chi connectivity index (χ0v) is 27.3. The fraction of sp³-hybridized carbons (Fsp3) is 0. The molecule has 10 rings (SSSR count). The van der Waals surface area contributed by atoms with Crippen molar-refractivity contribution < 1.29 is 15.4 Å². The minimum absolute atomic E-state index is 0.0907. The van der Waals surface area contributed by atoms with Crippen LogP contribution in [0.5, 0.6) is 0 Å². The van der Waals surface area contributed by atoms with Crippen molar-refractivity contribution in [2.45, 2.75) is 0 Å². The van der Waals surface area contributed by atoms with Crippen molar-refractivity contribution in [1.29, 1.82) is 0 Å². The van der Waals surface area contributed by atoms with Crippen LogP contribution in [0.3, 0.4) is 0 Å². The van der Waals surface area contributed by atoms with Gasteiger partial charge in [0, 0.05) is 10.8 Å². The molecule has 0 bridgehead atoms. The largest absolute Gasteiger partial charge is 0.456 e. The highest BCUT2D eigenvalue weighted by molar-refractivity contribution is 6.26. The Morgan fingerprint density at radius 2 is 0.863 bits per heavy atom. The highest BCUT2D eigenvalue weighted by Gasteiger charge is 2.21. The molecule has 0 amide bonds. The Morgan fingerprint density at radius 3 is 1.49 bits per heavy atom. The van der Waals surface area contributed by atoms with Gasteiger partial charge in [-0.2, -0.15) is 0 Å². The first-order valence-corrected chi connectivity index (χ1v) is 16.9. The Hall–Kier alpha value is -6.70. The second-order valence-corrected chi connectivity index (χ2v) is 12.6. The lowest BCUT2D eigenvalue weighted by Crippen LogP contribution is -1.93. The van der Waals surface area contributed by atoms with Gasteiger partial charge in [0.25, 0.3) is 0 Å². The number of fused-ring (bicyclic) bond motifs is 5. The number of hydrogen-bond donors (Lipinski definition) is 0. The molecule has 0 aliphatic heterocycles. The number of benzene rings is 9. The predicted octanol–water partition coefficient (Wildman–Crippen LogP) is 14.2. The van der Waals surface area contributed by atoms with Gasteiger partial charge in [0.2, 0.25) is 0 Å². The Labute approximate surface area is 307 Å². The van der Waals surface area contributed by atoms with Gasteiger partial charge in [0.15, 0.2) is 0 Å². The molecule has 0 spiro atoms. The van der Waals surface area contributed by atoms with Crippen LogP contribution >= 0.6 is 0 Å². The lowest BCUT2D eigenvalue weighted by molar-refractivity contribution is 0.669. The zero-order chi connectivity index (χ0) is 40.7. The molecule has 0 unspecified atom stereocenters. The predicted molar refractivity (Wildman–Crippen MR) is 216 cm³/mol. The average molecular weight is 657 g/mol. The highest BCUT2D eigenvalue weighted by atomic mass is 16.3. The molecular weight excluding hydrogens is 617 g/mol. The van der Waals surface area contributed by atoms with Crippen LogP contribution in [0.25, 0.3) is 99.1 Å². The van der Waals surface area contributed by atoms with Crippen LogP contribution in [0.15, 0.2) is 198 Å². The zero-order valence-electron chi connectivity index (χ0n) is 35.3. The molecule has 10 aromatic rings. The summed E-state index contributed by atoms with van der Waals surface area (Å²) < 4.78 is 79.9. The summed E-state index contributed by atoms with van der Waals surface area (Å²) in [4.78, 5) is 0. The maximum Gasteiger partial charge on any atom is 0.136 e. The van der Waals surface area contributed by atoms with Crippen LogP contribution in [0.4, 0.5) is 0 Å². The summed E-state index contributed by atoms with van der Waals surface area (Å²) in [6.07, 6.45) is 0. The third-order valence-corrected chi connectivity index (χ3v) is 9.68. The molecule has 51 heavy (non-hydrogen) atoms. The minimum Gasteiger partial charge on any atom is -0.456 e. The lowest BCUT2D eigenvalue weighted by atomic mass is 9.83. The number of rotatable bonds is 5. The van der Waals surface area contributed by atoms with Crippen molar-refractivity contribution in [2.75, 3.05) is 0 Å². The van der Waals surface area contributed by atoms with E-state index in [0.29, 0.717) is 21.9 Å². The second-order valence-electron chi connectivity index (χ2n) is 12.6. The van der Waals surface area contributed by atoms with Crippen LogP contribution in [-0.2, 0) is 0 Å². The quantitative estimate of drug-likeness (QED) is 0.168. The van der Waals surface area contributed by atoms with E-state index in [4.69, 9.17) is 9.90 Å². The van der Waals surface area contributed by atoms with E-state index >= 15 is 0 Å². The van der Waals surface area contributed by atoms with Crippen molar-refractivity contribution in [3.05, 3.63) is 194 Å². The van der Waals surface area contributed by atoms with Gasteiger partial charge in [-0.15, -0.1) is 0 Å². The maximum absolute atomic E-state index is 9.50. The SMILES string of the molecule is [2H]c1c([2H])c([2H])c(-c2c3ccccc3c(-c3cccc4oc5ccc(-c6ccccc6)cc5c34)c3ccccc23)c(-c2c([2H])c([2H])c(-c3ccccc3)c([2H])c2[2H])c1[2H]. The Bertz CT molecular complexity index is 3270. The molecular formula is C50H32O. The van der Waals surface area contributed by atoms with Crippen molar-refractivity contribution in [3.8, 4) is 55.6 Å². The summed E-state index contributed by atoms with van der Waals surface area (Å²) >= 11 is 0. The van der Waals surface area contributed by atoms with E-state index < -0.39 is 30.2 Å². The topological polar surface area (TPSA) is 13.1 Å². The molecule has 1 heterocycles. The van der Waals surface area contributed by atoms with Crippen molar-refractivity contribution >= 4 is 43.5 Å². The minimum atomic E-state index is -0.531. The first-order chi connectivity index (χ1) is 28.7. The molecule has 0 N–H and O–H groups in total. The third-order valence-electron chi connectivity index (χ3n) is 9.68. The molecule has 0 aliphatic carbocycles. The average Bonchev–Trinajstić information content (AvgIpc) is 3.65. The van der Waals surface area contributed by atoms with Crippen LogP contribution < -0.4 is 0 Å². The fourth-order valence-corrected chi connectivity index (χ4v) is 7.41. The number of hydrogen-bond acceptors (Lipinski definition) is 1.